The number of methoxy groups -OCH3 is 1. The van der Waals surface area contributed by atoms with Crippen LogP contribution in [0.25, 0.3) is 0 Å². The maximum Gasteiger partial charge on any atom is 0.490 e. The maximum atomic E-state index is 11.8. The third kappa shape index (κ3) is 5.63. The molecule has 0 heterocycles. The molecule has 0 aliphatic carbocycles. The van der Waals surface area contributed by atoms with E-state index in [4.69, 9.17) is 4.74 Å². The minimum Gasteiger partial charge on any atom is -0.497 e. The minimum absolute atomic E-state index is 0.214. The first-order valence-corrected chi connectivity index (χ1v) is 5.80. The fraction of sp³-hybridized carbons (Fsp3) is 0.462. The number of hydrogen-bond donors (Lipinski definition) is 0. The summed E-state index contributed by atoms with van der Waals surface area (Å²) in [4.78, 5) is 10.4. The fourth-order valence-electron chi connectivity index (χ4n) is 1.47. The molecule has 6 heteroatoms. The van der Waals surface area contributed by atoms with Gasteiger partial charge in [0.15, 0.2) is 0 Å². The lowest BCUT2D eigenvalue weighted by Gasteiger charge is -2.07. The van der Waals surface area contributed by atoms with Crippen LogP contribution in [-0.2, 0) is 16.0 Å². The zero-order valence-electron chi connectivity index (χ0n) is 10.5. The molecule has 3 nitrogen and oxygen atoms in total. The van der Waals surface area contributed by atoms with Gasteiger partial charge < -0.3 is 9.47 Å². The van der Waals surface area contributed by atoms with E-state index >= 15 is 0 Å². The third-order valence-corrected chi connectivity index (χ3v) is 2.48. The summed E-state index contributed by atoms with van der Waals surface area (Å²) in [5, 5.41) is 0. The van der Waals surface area contributed by atoms with Gasteiger partial charge in [-0.2, -0.15) is 13.2 Å². The molecule has 106 valence electrons. The zero-order valence-corrected chi connectivity index (χ0v) is 10.5. The number of rotatable bonds is 6. The standard InChI is InChI=1S/C13H15F3O3/c1-18-11-7-5-10(6-8-11)4-2-3-9-19-12(17)13(14,15)16/h5-8H,2-4,9H2,1H3. The first kappa shape index (κ1) is 15.3. The van der Waals surface area contributed by atoms with Gasteiger partial charge in [0.1, 0.15) is 5.75 Å². The molecule has 0 amide bonds. The van der Waals surface area contributed by atoms with E-state index in [1.165, 1.54) is 0 Å². The Morgan fingerprint density at radius 3 is 2.32 bits per heavy atom. The Morgan fingerprint density at radius 1 is 1.16 bits per heavy atom. The second-order valence-corrected chi connectivity index (χ2v) is 3.94. The zero-order chi connectivity index (χ0) is 14.3. The molecule has 0 radical (unpaired) electrons. The summed E-state index contributed by atoms with van der Waals surface area (Å²) in [5.41, 5.74) is 1.06. The highest BCUT2D eigenvalue weighted by atomic mass is 19.4. The van der Waals surface area contributed by atoms with Crippen LogP contribution >= 0.6 is 0 Å². The van der Waals surface area contributed by atoms with Crippen LogP contribution in [0.15, 0.2) is 24.3 Å². The van der Waals surface area contributed by atoms with Crippen molar-refractivity contribution < 1.29 is 27.4 Å². The predicted octanol–water partition coefficient (Wildman–Crippen LogP) is 3.12. The average Bonchev–Trinajstić information content (AvgIpc) is 2.37. The van der Waals surface area contributed by atoms with Gasteiger partial charge in [-0.15, -0.1) is 0 Å². The van der Waals surface area contributed by atoms with Crippen molar-refractivity contribution in [3.63, 3.8) is 0 Å². The van der Waals surface area contributed by atoms with Crippen LogP contribution in [0.3, 0.4) is 0 Å². The van der Waals surface area contributed by atoms with E-state index in [-0.39, 0.29) is 6.61 Å². The first-order chi connectivity index (χ1) is 8.93. The Kier molecular flexibility index (Phi) is 5.66. The lowest BCUT2D eigenvalue weighted by molar-refractivity contribution is -0.199. The average molecular weight is 276 g/mol. The van der Waals surface area contributed by atoms with Gasteiger partial charge in [-0.1, -0.05) is 12.1 Å². The molecule has 19 heavy (non-hydrogen) atoms. The molecule has 0 spiro atoms. The molecule has 0 atom stereocenters. The summed E-state index contributed by atoms with van der Waals surface area (Å²) >= 11 is 0. The second-order valence-electron chi connectivity index (χ2n) is 3.94. The highest BCUT2D eigenvalue weighted by Crippen LogP contribution is 2.17. The van der Waals surface area contributed by atoms with E-state index in [0.717, 1.165) is 11.3 Å². The largest absolute Gasteiger partial charge is 0.497 e. The summed E-state index contributed by atoms with van der Waals surface area (Å²) < 4.78 is 44.5. The minimum atomic E-state index is -4.91. The van der Waals surface area contributed by atoms with E-state index in [0.29, 0.717) is 19.3 Å². The predicted molar refractivity (Wildman–Crippen MR) is 62.9 cm³/mol. The maximum absolute atomic E-state index is 11.8. The number of carbonyl (C=O) groups is 1. The number of hydrogen-bond acceptors (Lipinski definition) is 3. The number of aryl methyl sites for hydroxylation is 1. The monoisotopic (exact) mass is 276 g/mol. The lowest BCUT2D eigenvalue weighted by atomic mass is 10.1. The molecular formula is C13H15F3O3. The fourth-order valence-corrected chi connectivity index (χ4v) is 1.47. The molecule has 0 N–H and O–H groups in total. The molecule has 0 aliphatic heterocycles. The highest BCUT2D eigenvalue weighted by Gasteiger charge is 2.40. The number of halogens is 3. The topological polar surface area (TPSA) is 35.5 Å². The number of alkyl halides is 3. The molecule has 0 aliphatic rings. The molecule has 0 saturated heterocycles. The number of carbonyl (C=O) groups excluding carboxylic acids is 1. The van der Waals surface area contributed by atoms with Gasteiger partial charge in [0.2, 0.25) is 0 Å². The van der Waals surface area contributed by atoms with Crippen LogP contribution in [0.5, 0.6) is 5.75 Å². The van der Waals surface area contributed by atoms with E-state index in [1.807, 2.05) is 24.3 Å². The van der Waals surface area contributed by atoms with Gasteiger partial charge in [-0.25, -0.2) is 4.79 Å². The molecule has 0 unspecified atom stereocenters. The van der Waals surface area contributed by atoms with Crippen molar-refractivity contribution in [3.05, 3.63) is 29.8 Å². The van der Waals surface area contributed by atoms with Crippen molar-refractivity contribution in [1.29, 1.82) is 0 Å². The molecule has 1 aromatic rings. The Balaban J connectivity index is 2.18. The first-order valence-electron chi connectivity index (χ1n) is 5.80. The SMILES string of the molecule is COc1ccc(CCCCOC(=O)C(F)(F)F)cc1. The second kappa shape index (κ2) is 7.01. The van der Waals surface area contributed by atoms with Crippen LogP contribution in [0.4, 0.5) is 13.2 Å². The Labute approximate surface area is 109 Å². The van der Waals surface area contributed by atoms with Crippen LogP contribution in [0.2, 0.25) is 0 Å². The van der Waals surface area contributed by atoms with Gasteiger partial charge in [-0.3, -0.25) is 0 Å². The van der Waals surface area contributed by atoms with E-state index in [2.05, 4.69) is 4.74 Å². The van der Waals surface area contributed by atoms with Gasteiger partial charge in [0.05, 0.1) is 13.7 Å². The molecule has 0 aromatic heterocycles. The van der Waals surface area contributed by atoms with Gasteiger partial charge >= 0.3 is 12.1 Å². The molecule has 1 rings (SSSR count). The van der Waals surface area contributed by atoms with Crippen molar-refractivity contribution in [1.82, 2.24) is 0 Å². The quantitative estimate of drug-likeness (QED) is 0.591. The smallest absolute Gasteiger partial charge is 0.490 e. The van der Waals surface area contributed by atoms with Gasteiger partial charge in [0.25, 0.3) is 0 Å². The van der Waals surface area contributed by atoms with Gasteiger partial charge in [0, 0.05) is 0 Å². The lowest BCUT2D eigenvalue weighted by Crippen LogP contribution is -2.25. The molecule has 1 aromatic carbocycles. The van der Waals surface area contributed by atoms with Gasteiger partial charge in [-0.05, 0) is 37.0 Å². The number of ether oxygens (including phenoxy) is 2. The van der Waals surface area contributed by atoms with Crippen molar-refractivity contribution in [2.45, 2.75) is 25.4 Å². The van der Waals surface area contributed by atoms with Crippen molar-refractivity contribution in [2.75, 3.05) is 13.7 Å². The summed E-state index contributed by atoms with van der Waals surface area (Å²) in [5.74, 6) is -1.38. The van der Waals surface area contributed by atoms with Crippen LogP contribution < -0.4 is 4.74 Å². The highest BCUT2D eigenvalue weighted by molar-refractivity contribution is 5.75. The van der Waals surface area contributed by atoms with Crippen LogP contribution in [-0.4, -0.2) is 25.9 Å². The Morgan fingerprint density at radius 2 is 1.79 bits per heavy atom. The number of unbranched alkanes of at least 4 members (excludes halogenated alkanes) is 1. The molecule has 0 bridgehead atoms. The van der Waals surface area contributed by atoms with E-state index in [1.54, 1.807) is 7.11 Å². The Bertz CT molecular complexity index is 399. The van der Waals surface area contributed by atoms with E-state index < -0.39 is 12.1 Å². The normalized spacial score (nSPS) is 11.2. The van der Waals surface area contributed by atoms with Crippen LogP contribution in [0, 0.1) is 0 Å². The third-order valence-electron chi connectivity index (χ3n) is 2.48. The van der Waals surface area contributed by atoms with Crippen molar-refractivity contribution in [2.24, 2.45) is 0 Å². The van der Waals surface area contributed by atoms with Crippen molar-refractivity contribution in [3.8, 4) is 5.75 Å². The summed E-state index contributed by atoms with van der Waals surface area (Å²) in [6, 6.07) is 7.42. The summed E-state index contributed by atoms with van der Waals surface area (Å²) in [6.45, 7) is -0.214. The summed E-state index contributed by atoms with van der Waals surface area (Å²) in [6.07, 6.45) is -3.14. The molecule has 0 saturated carbocycles. The number of esters is 1. The Hall–Kier alpha value is -1.72. The van der Waals surface area contributed by atoms with Crippen LogP contribution in [0.1, 0.15) is 18.4 Å². The van der Waals surface area contributed by atoms with Crippen molar-refractivity contribution >= 4 is 5.97 Å². The molecular weight excluding hydrogens is 261 g/mol. The molecule has 0 fully saturated rings. The van der Waals surface area contributed by atoms with E-state index in [9.17, 15) is 18.0 Å². The summed E-state index contributed by atoms with van der Waals surface area (Å²) in [7, 11) is 1.57. The number of benzene rings is 1.